The quantitative estimate of drug-likeness (QED) is 0.764. The van der Waals surface area contributed by atoms with Crippen LogP contribution in [0.1, 0.15) is 26.7 Å². The number of likely N-dealkylation sites (N-methyl/N-ethyl adjacent to an activating group) is 1. The molecular weight excluding hydrogens is 202 g/mol. The molecule has 94 valence electrons. The molecule has 0 aromatic rings. The van der Waals surface area contributed by atoms with Gasteiger partial charge in [-0.2, -0.15) is 0 Å². The van der Waals surface area contributed by atoms with Crippen LogP contribution in [0.4, 0.5) is 0 Å². The summed E-state index contributed by atoms with van der Waals surface area (Å²) in [5, 5.41) is 3.18. The van der Waals surface area contributed by atoms with Gasteiger partial charge in [0.05, 0.1) is 0 Å². The Morgan fingerprint density at radius 2 is 1.94 bits per heavy atom. The van der Waals surface area contributed by atoms with E-state index < -0.39 is 0 Å². The van der Waals surface area contributed by atoms with Crippen LogP contribution in [0.5, 0.6) is 0 Å². The van der Waals surface area contributed by atoms with Crippen molar-refractivity contribution in [3.8, 4) is 0 Å². The van der Waals surface area contributed by atoms with Crippen molar-refractivity contribution in [2.24, 2.45) is 0 Å². The van der Waals surface area contributed by atoms with Gasteiger partial charge in [0, 0.05) is 31.6 Å². The number of amides is 1. The Labute approximate surface area is 99.0 Å². The van der Waals surface area contributed by atoms with E-state index in [2.05, 4.69) is 31.1 Å². The Morgan fingerprint density at radius 1 is 1.25 bits per heavy atom. The van der Waals surface area contributed by atoms with E-state index in [1.165, 1.54) is 0 Å². The van der Waals surface area contributed by atoms with Crippen molar-refractivity contribution in [2.45, 2.75) is 32.2 Å². The standard InChI is InChI=1S/C12H25N3O/c1-12(2,13-3)10-11(16)15-7-5-6-14(4)8-9-15/h13H,5-10H2,1-4H3. The van der Waals surface area contributed by atoms with Crippen molar-refractivity contribution in [1.29, 1.82) is 0 Å². The van der Waals surface area contributed by atoms with E-state index in [0.29, 0.717) is 6.42 Å². The van der Waals surface area contributed by atoms with Crippen molar-refractivity contribution >= 4 is 5.91 Å². The van der Waals surface area contributed by atoms with Gasteiger partial charge in [-0.05, 0) is 40.9 Å². The van der Waals surface area contributed by atoms with Crippen LogP contribution >= 0.6 is 0 Å². The summed E-state index contributed by atoms with van der Waals surface area (Å²) < 4.78 is 0. The predicted molar refractivity (Wildman–Crippen MR) is 66.4 cm³/mol. The van der Waals surface area contributed by atoms with E-state index in [4.69, 9.17) is 0 Å². The molecular formula is C12H25N3O. The number of hydrogen-bond acceptors (Lipinski definition) is 3. The Morgan fingerprint density at radius 3 is 2.56 bits per heavy atom. The SMILES string of the molecule is CNC(C)(C)CC(=O)N1CCCN(C)CC1. The van der Waals surface area contributed by atoms with Crippen LogP contribution in [0.2, 0.25) is 0 Å². The number of hydrogen-bond donors (Lipinski definition) is 1. The molecule has 0 aliphatic carbocycles. The number of rotatable bonds is 3. The van der Waals surface area contributed by atoms with Crippen LogP contribution in [0.15, 0.2) is 0 Å². The molecule has 1 saturated heterocycles. The van der Waals surface area contributed by atoms with Crippen molar-refractivity contribution in [2.75, 3.05) is 40.3 Å². The third-order valence-corrected chi connectivity index (χ3v) is 3.34. The molecule has 4 heteroatoms. The Kier molecular flexibility index (Phi) is 4.74. The van der Waals surface area contributed by atoms with Crippen LogP contribution < -0.4 is 5.32 Å². The molecule has 1 fully saturated rings. The van der Waals surface area contributed by atoms with Crippen LogP contribution in [-0.2, 0) is 4.79 Å². The van der Waals surface area contributed by atoms with Crippen molar-refractivity contribution in [3.05, 3.63) is 0 Å². The molecule has 0 bridgehead atoms. The summed E-state index contributed by atoms with van der Waals surface area (Å²) in [6.07, 6.45) is 1.66. The number of carbonyl (C=O) groups is 1. The van der Waals surface area contributed by atoms with Crippen LogP contribution in [0, 0.1) is 0 Å². The van der Waals surface area contributed by atoms with Gasteiger partial charge >= 0.3 is 0 Å². The van der Waals surface area contributed by atoms with Crippen molar-refractivity contribution in [3.63, 3.8) is 0 Å². The maximum absolute atomic E-state index is 12.1. The highest BCUT2D eigenvalue weighted by atomic mass is 16.2. The average molecular weight is 227 g/mol. The number of nitrogens with one attached hydrogen (secondary N) is 1. The summed E-state index contributed by atoms with van der Waals surface area (Å²) in [6.45, 7) is 7.99. The summed E-state index contributed by atoms with van der Waals surface area (Å²) in [5.74, 6) is 0.273. The maximum atomic E-state index is 12.1. The van der Waals surface area contributed by atoms with E-state index in [1.54, 1.807) is 0 Å². The largest absolute Gasteiger partial charge is 0.341 e. The lowest BCUT2D eigenvalue weighted by molar-refractivity contribution is -0.132. The minimum Gasteiger partial charge on any atom is -0.341 e. The molecule has 1 aliphatic heterocycles. The molecule has 1 amide bonds. The van der Waals surface area contributed by atoms with Crippen molar-refractivity contribution < 1.29 is 4.79 Å². The van der Waals surface area contributed by atoms with Gasteiger partial charge in [0.15, 0.2) is 0 Å². The topological polar surface area (TPSA) is 35.6 Å². The van der Waals surface area contributed by atoms with E-state index in [1.807, 2.05) is 11.9 Å². The highest BCUT2D eigenvalue weighted by molar-refractivity contribution is 5.77. The second kappa shape index (κ2) is 5.64. The molecule has 1 rings (SSSR count). The Balaban J connectivity index is 2.47. The molecule has 4 nitrogen and oxygen atoms in total. The number of carbonyl (C=O) groups excluding carboxylic acids is 1. The van der Waals surface area contributed by atoms with E-state index in [9.17, 15) is 4.79 Å². The normalized spacial score (nSPS) is 19.6. The molecule has 0 atom stereocenters. The van der Waals surface area contributed by atoms with Gasteiger partial charge < -0.3 is 15.1 Å². The summed E-state index contributed by atoms with van der Waals surface area (Å²) in [7, 11) is 4.02. The summed E-state index contributed by atoms with van der Waals surface area (Å²) in [6, 6.07) is 0. The first-order valence-corrected chi connectivity index (χ1v) is 6.10. The molecule has 1 N–H and O–H groups in total. The smallest absolute Gasteiger partial charge is 0.224 e. The highest BCUT2D eigenvalue weighted by Crippen LogP contribution is 2.11. The third kappa shape index (κ3) is 4.10. The number of nitrogens with zero attached hydrogens (tertiary/aromatic N) is 2. The van der Waals surface area contributed by atoms with Crippen LogP contribution in [0.25, 0.3) is 0 Å². The molecule has 0 aromatic carbocycles. The predicted octanol–water partition coefficient (Wildman–Crippen LogP) is 0.539. The second-order valence-electron chi connectivity index (χ2n) is 5.35. The van der Waals surface area contributed by atoms with Gasteiger partial charge in [-0.1, -0.05) is 0 Å². The van der Waals surface area contributed by atoms with Gasteiger partial charge in [-0.25, -0.2) is 0 Å². The Bertz CT molecular complexity index is 240. The van der Waals surface area contributed by atoms with Gasteiger partial charge in [0.25, 0.3) is 0 Å². The zero-order valence-electron chi connectivity index (χ0n) is 11.0. The van der Waals surface area contributed by atoms with Crippen LogP contribution in [0.3, 0.4) is 0 Å². The summed E-state index contributed by atoms with van der Waals surface area (Å²) in [5.41, 5.74) is -0.102. The minimum atomic E-state index is -0.102. The third-order valence-electron chi connectivity index (χ3n) is 3.34. The van der Waals surface area contributed by atoms with Gasteiger partial charge in [0.2, 0.25) is 5.91 Å². The van der Waals surface area contributed by atoms with E-state index >= 15 is 0 Å². The summed E-state index contributed by atoms with van der Waals surface area (Å²) in [4.78, 5) is 16.4. The fourth-order valence-electron chi connectivity index (χ4n) is 1.87. The molecule has 0 aromatic heterocycles. The van der Waals surface area contributed by atoms with E-state index in [0.717, 1.165) is 32.6 Å². The minimum absolute atomic E-state index is 0.102. The molecule has 1 heterocycles. The highest BCUT2D eigenvalue weighted by Gasteiger charge is 2.24. The summed E-state index contributed by atoms with van der Waals surface area (Å²) >= 11 is 0. The first-order valence-electron chi connectivity index (χ1n) is 6.10. The molecule has 1 aliphatic rings. The van der Waals surface area contributed by atoms with Gasteiger partial charge in [0.1, 0.15) is 0 Å². The van der Waals surface area contributed by atoms with Crippen LogP contribution in [-0.4, -0.2) is 61.5 Å². The lowest BCUT2D eigenvalue weighted by Crippen LogP contribution is -2.44. The zero-order chi connectivity index (χ0) is 12.2. The first kappa shape index (κ1) is 13.5. The molecule has 0 unspecified atom stereocenters. The van der Waals surface area contributed by atoms with E-state index in [-0.39, 0.29) is 11.4 Å². The second-order valence-corrected chi connectivity index (χ2v) is 5.35. The fourth-order valence-corrected chi connectivity index (χ4v) is 1.87. The lowest BCUT2D eigenvalue weighted by atomic mass is 10.0. The lowest BCUT2D eigenvalue weighted by Gasteiger charge is -2.28. The molecule has 0 spiro atoms. The van der Waals surface area contributed by atoms with Gasteiger partial charge in [-0.3, -0.25) is 4.79 Å². The van der Waals surface area contributed by atoms with Gasteiger partial charge in [-0.15, -0.1) is 0 Å². The fraction of sp³-hybridized carbons (Fsp3) is 0.917. The maximum Gasteiger partial charge on any atom is 0.224 e. The molecule has 16 heavy (non-hydrogen) atoms. The average Bonchev–Trinajstić information content (AvgIpc) is 2.42. The first-order chi connectivity index (χ1) is 7.44. The van der Waals surface area contributed by atoms with Crippen molar-refractivity contribution in [1.82, 2.24) is 15.1 Å². The molecule has 0 saturated carbocycles. The zero-order valence-corrected chi connectivity index (χ0v) is 11.0. The monoisotopic (exact) mass is 227 g/mol. The molecule has 0 radical (unpaired) electrons. The Hall–Kier alpha value is -0.610.